The van der Waals surface area contributed by atoms with E-state index in [1.165, 1.54) is 11.8 Å². The van der Waals surface area contributed by atoms with Crippen molar-refractivity contribution in [3.8, 4) is 0 Å². The van der Waals surface area contributed by atoms with E-state index in [0.717, 1.165) is 5.56 Å². The highest BCUT2D eigenvalue weighted by atomic mass is 32.2. The molecule has 0 aliphatic carbocycles. The Labute approximate surface area is 93.7 Å². The number of rotatable bonds is 5. The molecule has 2 atom stereocenters. The first kappa shape index (κ1) is 12.1. The number of hydrogen-bond donors (Lipinski definition) is 2. The maximum absolute atomic E-state index is 11.1. The van der Waals surface area contributed by atoms with Gasteiger partial charge >= 0.3 is 5.97 Å². The second-order valence-electron chi connectivity index (χ2n) is 3.31. The predicted molar refractivity (Wildman–Crippen MR) is 62.9 cm³/mol. The highest BCUT2D eigenvalue weighted by molar-refractivity contribution is 8.00. The van der Waals surface area contributed by atoms with Crippen LogP contribution in [-0.2, 0) is 4.79 Å². The summed E-state index contributed by atoms with van der Waals surface area (Å²) in [5.41, 5.74) is 6.30. The molecule has 2 unspecified atom stereocenters. The van der Waals surface area contributed by atoms with Gasteiger partial charge in [-0.2, -0.15) is 0 Å². The lowest BCUT2D eigenvalue weighted by atomic mass is 10.1. The normalized spacial score (nSPS) is 14.5. The quantitative estimate of drug-likeness (QED) is 0.803. The van der Waals surface area contributed by atoms with Crippen LogP contribution >= 0.6 is 11.8 Å². The monoisotopic (exact) mass is 225 g/mol. The molecule has 4 heteroatoms. The fourth-order valence-electron chi connectivity index (χ4n) is 1.20. The van der Waals surface area contributed by atoms with Gasteiger partial charge in [0.1, 0.15) is 5.25 Å². The van der Waals surface area contributed by atoms with E-state index in [-0.39, 0.29) is 5.25 Å². The summed E-state index contributed by atoms with van der Waals surface area (Å²) in [5, 5.41) is 8.73. The Balaban J connectivity index is 2.80. The lowest BCUT2D eigenvalue weighted by molar-refractivity contribution is -0.136. The van der Waals surface area contributed by atoms with Crippen molar-refractivity contribution in [2.45, 2.75) is 17.4 Å². The summed E-state index contributed by atoms with van der Waals surface area (Å²) in [6.07, 6.45) is 0. The van der Waals surface area contributed by atoms with Crippen molar-refractivity contribution >= 4 is 17.7 Å². The highest BCUT2D eigenvalue weighted by Gasteiger charge is 2.22. The maximum atomic E-state index is 11.1. The van der Waals surface area contributed by atoms with E-state index in [1.54, 1.807) is 0 Å². The maximum Gasteiger partial charge on any atom is 0.321 e. The standard InChI is InChI=1S/C11H15NO2S/c1-8(7-12)15-10(11(13)14)9-5-3-2-4-6-9/h2-6,8,10H,7,12H2,1H3,(H,13,14). The summed E-state index contributed by atoms with van der Waals surface area (Å²) in [6, 6.07) is 9.22. The summed E-state index contributed by atoms with van der Waals surface area (Å²) < 4.78 is 0. The van der Waals surface area contributed by atoms with Gasteiger partial charge in [-0.25, -0.2) is 0 Å². The van der Waals surface area contributed by atoms with Gasteiger partial charge in [0.2, 0.25) is 0 Å². The molecule has 0 spiro atoms. The number of carbonyl (C=O) groups is 1. The first-order valence-electron chi connectivity index (χ1n) is 4.78. The third-order valence-corrected chi connectivity index (χ3v) is 3.43. The minimum absolute atomic E-state index is 0.145. The van der Waals surface area contributed by atoms with Crippen LogP contribution < -0.4 is 5.73 Å². The number of benzene rings is 1. The number of thioether (sulfide) groups is 1. The van der Waals surface area contributed by atoms with Gasteiger partial charge in [0, 0.05) is 11.8 Å². The van der Waals surface area contributed by atoms with Gasteiger partial charge in [0.25, 0.3) is 0 Å². The van der Waals surface area contributed by atoms with Gasteiger partial charge in [-0.15, -0.1) is 11.8 Å². The zero-order chi connectivity index (χ0) is 11.3. The number of carboxylic acids is 1. The van der Waals surface area contributed by atoms with Gasteiger partial charge in [-0.05, 0) is 5.56 Å². The Morgan fingerprint density at radius 1 is 1.47 bits per heavy atom. The molecule has 1 aromatic carbocycles. The van der Waals surface area contributed by atoms with E-state index in [2.05, 4.69) is 0 Å². The third kappa shape index (κ3) is 3.57. The van der Waals surface area contributed by atoms with E-state index in [9.17, 15) is 4.79 Å². The molecular formula is C11H15NO2S. The molecule has 0 fully saturated rings. The van der Waals surface area contributed by atoms with Gasteiger partial charge in [0.15, 0.2) is 0 Å². The molecule has 3 nitrogen and oxygen atoms in total. The van der Waals surface area contributed by atoms with Gasteiger partial charge in [-0.1, -0.05) is 37.3 Å². The molecule has 0 radical (unpaired) electrons. The van der Waals surface area contributed by atoms with Crippen molar-refractivity contribution in [1.82, 2.24) is 0 Å². The molecule has 0 bridgehead atoms. The summed E-state index contributed by atoms with van der Waals surface area (Å²) in [5.74, 6) is -0.813. The predicted octanol–water partition coefficient (Wildman–Crippen LogP) is 1.89. The highest BCUT2D eigenvalue weighted by Crippen LogP contribution is 2.31. The van der Waals surface area contributed by atoms with E-state index in [4.69, 9.17) is 10.8 Å². The molecule has 0 aliphatic rings. The molecular weight excluding hydrogens is 210 g/mol. The smallest absolute Gasteiger partial charge is 0.321 e. The Bertz CT molecular complexity index is 316. The minimum Gasteiger partial charge on any atom is -0.480 e. The van der Waals surface area contributed by atoms with Crippen molar-refractivity contribution in [2.75, 3.05) is 6.54 Å². The molecule has 0 amide bonds. The SMILES string of the molecule is CC(CN)SC(C(=O)O)c1ccccc1. The fourth-order valence-corrected chi connectivity index (χ4v) is 2.20. The summed E-state index contributed by atoms with van der Waals surface area (Å²) in [4.78, 5) is 11.1. The molecule has 0 heterocycles. The molecule has 1 rings (SSSR count). The molecule has 1 aromatic rings. The van der Waals surface area contributed by atoms with Crippen molar-refractivity contribution in [3.63, 3.8) is 0 Å². The van der Waals surface area contributed by atoms with Crippen molar-refractivity contribution < 1.29 is 9.90 Å². The number of aliphatic carboxylic acids is 1. The van der Waals surface area contributed by atoms with E-state index in [1.807, 2.05) is 37.3 Å². The van der Waals surface area contributed by atoms with Gasteiger partial charge in [0.05, 0.1) is 0 Å². The molecule has 3 N–H and O–H groups in total. The van der Waals surface area contributed by atoms with E-state index in [0.29, 0.717) is 6.54 Å². The van der Waals surface area contributed by atoms with Gasteiger partial charge < -0.3 is 10.8 Å². The average Bonchev–Trinajstić information content (AvgIpc) is 2.26. The average molecular weight is 225 g/mol. The van der Waals surface area contributed by atoms with Crippen LogP contribution in [0.1, 0.15) is 17.7 Å². The Morgan fingerprint density at radius 2 is 2.07 bits per heavy atom. The summed E-state index contributed by atoms with van der Waals surface area (Å²) in [6.45, 7) is 2.42. The molecule has 0 saturated heterocycles. The van der Waals surface area contributed by atoms with Crippen LogP contribution in [0.2, 0.25) is 0 Å². The minimum atomic E-state index is -0.813. The number of nitrogens with two attached hydrogens (primary N) is 1. The second kappa shape index (κ2) is 5.78. The first-order valence-corrected chi connectivity index (χ1v) is 5.72. The lowest BCUT2D eigenvalue weighted by Gasteiger charge is -2.16. The first-order chi connectivity index (χ1) is 7.15. The third-order valence-electron chi connectivity index (χ3n) is 2.03. The molecule has 15 heavy (non-hydrogen) atoms. The van der Waals surface area contributed by atoms with E-state index < -0.39 is 11.2 Å². The Hall–Kier alpha value is -1.00. The van der Waals surface area contributed by atoms with Crippen molar-refractivity contribution in [3.05, 3.63) is 35.9 Å². The van der Waals surface area contributed by atoms with Crippen molar-refractivity contribution in [2.24, 2.45) is 5.73 Å². The molecule has 0 saturated carbocycles. The van der Waals surface area contributed by atoms with Crippen LogP contribution in [0.3, 0.4) is 0 Å². The molecule has 0 aliphatic heterocycles. The Morgan fingerprint density at radius 3 is 2.53 bits per heavy atom. The number of carboxylic acid groups (broad SMARTS) is 1. The van der Waals surface area contributed by atoms with Crippen LogP contribution in [0.4, 0.5) is 0 Å². The van der Waals surface area contributed by atoms with Crippen LogP contribution in [0.25, 0.3) is 0 Å². The summed E-state index contributed by atoms with van der Waals surface area (Å²) in [7, 11) is 0. The van der Waals surface area contributed by atoms with Gasteiger partial charge in [-0.3, -0.25) is 4.79 Å². The van der Waals surface area contributed by atoms with Crippen molar-refractivity contribution in [1.29, 1.82) is 0 Å². The number of hydrogen-bond acceptors (Lipinski definition) is 3. The fraction of sp³-hybridized carbons (Fsp3) is 0.364. The second-order valence-corrected chi connectivity index (χ2v) is 4.86. The Kier molecular flexibility index (Phi) is 4.65. The largest absolute Gasteiger partial charge is 0.480 e. The molecule has 82 valence electrons. The topological polar surface area (TPSA) is 63.3 Å². The lowest BCUT2D eigenvalue weighted by Crippen LogP contribution is -2.18. The molecule has 0 aromatic heterocycles. The van der Waals surface area contributed by atoms with Crippen LogP contribution in [-0.4, -0.2) is 22.9 Å². The zero-order valence-electron chi connectivity index (χ0n) is 8.59. The van der Waals surface area contributed by atoms with Crippen LogP contribution in [0.15, 0.2) is 30.3 Å². The van der Waals surface area contributed by atoms with Crippen LogP contribution in [0, 0.1) is 0 Å². The van der Waals surface area contributed by atoms with Crippen LogP contribution in [0.5, 0.6) is 0 Å². The zero-order valence-corrected chi connectivity index (χ0v) is 9.41. The van der Waals surface area contributed by atoms with E-state index >= 15 is 0 Å². The summed E-state index contributed by atoms with van der Waals surface area (Å²) >= 11 is 1.38.